The van der Waals surface area contributed by atoms with Gasteiger partial charge in [-0.05, 0) is 41.1 Å². The number of hydrogen-bond acceptors (Lipinski definition) is 4. The van der Waals surface area contributed by atoms with Gasteiger partial charge in [0.1, 0.15) is 10.8 Å². The second-order valence-electron chi connectivity index (χ2n) is 3.79. The normalized spacial score (nSPS) is 10.4. The van der Waals surface area contributed by atoms with E-state index in [0.717, 1.165) is 20.8 Å². The second kappa shape index (κ2) is 6.16. The Morgan fingerprint density at radius 2 is 2.32 bits per heavy atom. The minimum absolute atomic E-state index is 0.0469. The molecule has 0 amide bonds. The number of halogens is 1. The molecule has 1 N–H and O–H groups in total. The Balaban J connectivity index is 2.24. The van der Waals surface area contributed by atoms with Gasteiger partial charge < -0.3 is 9.84 Å². The molecule has 1 heterocycles. The summed E-state index contributed by atoms with van der Waals surface area (Å²) < 4.78 is 6.31. The third kappa shape index (κ3) is 3.54. The number of rotatable bonds is 5. The van der Waals surface area contributed by atoms with Gasteiger partial charge in [0, 0.05) is 10.9 Å². The van der Waals surface area contributed by atoms with Gasteiger partial charge in [-0.1, -0.05) is 0 Å². The van der Waals surface area contributed by atoms with Crippen LogP contribution in [0, 0.1) is 0 Å². The van der Waals surface area contributed by atoms with E-state index < -0.39 is 5.97 Å². The van der Waals surface area contributed by atoms with Crippen molar-refractivity contribution >= 4 is 33.2 Å². The Hall–Kier alpha value is -1.40. The molecule has 1 aromatic carbocycles. The quantitative estimate of drug-likeness (QED) is 0.902. The zero-order valence-electron chi connectivity index (χ0n) is 10.2. The molecule has 0 aliphatic heterocycles. The number of benzene rings is 1. The summed E-state index contributed by atoms with van der Waals surface area (Å²) in [4.78, 5) is 14.9. The molecule has 6 heteroatoms. The predicted octanol–water partition coefficient (Wildman–Crippen LogP) is 3.60. The van der Waals surface area contributed by atoms with Gasteiger partial charge in [0.15, 0.2) is 0 Å². The number of hydrogen-bond donors (Lipinski definition) is 1. The van der Waals surface area contributed by atoms with Crippen LogP contribution in [-0.2, 0) is 11.2 Å². The van der Waals surface area contributed by atoms with Crippen molar-refractivity contribution in [1.82, 2.24) is 4.98 Å². The highest BCUT2D eigenvalue weighted by Crippen LogP contribution is 2.32. The van der Waals surface area contributed by atoms with Crippen molar-refractivity contribution in [1.29, 1.82) is 0 Å². The van der Waals surface area contributed by atoms with Crippen molar-refractivity contribution < 1.29 is 14.6 Å². The topological polar surface area (TPSA) is 59.4 Å². The maximum absolute atomic E-state index is 10.6. The van der Waals surface area contributed by atoms with E-state index in [9.17, 15) is 4.79 Å². The first-order valence-corrected chi connectivity index (χ1v) is 7.36. The molecule has 0 radical (unpaired) electrons. The van der Waals surface area contributed by atoms with Crippen molar-refractivity contribution in [2.24, 2.45) is 0 Å². The lowest BCUT2D eigenvalue weighted by Crippen LogP contribution is -1.99. The lowest BCUT2D eigenvalue weighted by atomic mass is 10.2. The van der Waals surface area contributed by atoms with Gasteiger partial charge in [-0.15, -0.1) is 11.3 Å². The zero-order valence-corrected chi connectivity index (χ0v) is 12.6. The molecule has 19 heavy (non-hydrogen) atoms. The van der Waals surface area contributed by atoms with E-state index in [0.29, 0.717) is 12.3 Å². The number of nitrogens with zero attached hydrogens (tertiary/aromatic N) is 1. The summed E-state index contributed by atoms with van der Waals surface area (Å²) in [6.45, 7) is 2.54. The first-order valence-electron chi connectivity index (χ1n) is 5.69. The van der Waals surface area contributed by atoms with Crippen LogP contribution in [0.1, 0.15) is 12.6 Å². The van der Waals surface area contributed by atoms with E-state index in [1.165, 1.54) is 11.3 Å². The zero-order chi connectivity index (χ0) is 13.8. The van der Waals surface area contributed by atoms with Crippen LogP contribution in [0.4, 0.5) is 0 Å². The Labute approximate surface area is 123 Å². The smallest absolute Gasteiger partial charge is 0.309 e. The first-order chi connectivity index (χ1) is 9.10. The fraction of sp³-hybridized carbons (Fsp3) is 0.231. The molecule has 0 aliphatic rings. The van der Waals surface area contributed by atoms with Gasteiger partial charge in [-0.25, -0.2) is 4.98 Å². The Bertz CT molecular complexity index is 597. The minimum Gasteiger partial charge on any atom is -0.493 e. The van der Waals surface area contributed by atoms with Gasteiger partial charge in [0.05, 0.1) is 23.2 Å². The van der Waals surface area contributed by atoms with Crippen LogP contribution in [-0.4, -0.2) is 22.7 Å². The number of aromatic nitrogens is 1. The first kappa shape index (κ1) is 14.0. The predicted molar refractivity (Wildman–Crippen MR) is 77.8 cm³/mol. The maximum atomic E-state index is 10.6. The van der Waals surface area contributed by atoms with E-state index in [1.54, 1.807) is 5.38 Å². The van der Waals surface area contributed by atoms with Crippen molar-refractivity contribution in [3.05, 3.63) is 33.7 Å². The summed E-state index contributed by atoms with van der Waals surface area (Å²) in [5.74, 6) is -0.0849. The van der Waals surface area contributed by atoms with E-state index in [4.69, 9.17) is 9.84 Å². The fourth-order valence-electron chi connectivity index (χ4n) is 1.58. The fourth-order valence-corrected chi connectivity index (χ4v) is 2.89. The van der Waals surface area contributed by atoms with Crippen LogP contribution >= 0.6 is 27.3 Å². The Morgan fingerprint density at radius 3 is 2.95 bits per heavy atom. The van der Waals surface area contributed by atoms with Crippen molar-refractivity contribution in [2.45, 2.75) is 13.3 Å². The number of ether oxygens (including phenoxy) is 1. The summed E-state index contributed by atoms with van der Waals surface area (Å²) in [6, 6.07) is 5.72. The molecule has 0 aliphatic carbocycles. The average Bonchev–Trinajstić information content (AvgIpc) is 2.79. The highest BCUT2D eigenvalue weighted by Gasteiger charge is 2.09. The SMILES string of the molecule is CCOc1ccc(-c2nc(CC(=O)O)cs2)cc1Br. The second-order valence-corrected chi connectivity index (χ2v) is 5.51. The number of carbonyl (C=O) groups is 1. The average molecular weight is 342 g/mol. The third-order valence-electron chi connectivity index (χ3n) is 2.36. The van der Waals surface area contributed by atoms with E-state index in [1.807, 2.05) is 25.1 Å². The number of carboxylic acids is 1. The lowest BCUT2D eigenvalue weighted by molar-refractivity contribution is -0.136. The summed E-state index contributed by atoms with van der Waals surface area (Å²) >= 11 is 4.89. The van der Waals surface area contributed by atoms with Crippen LogP contribution in [0.2, 0.25) is 0 Å². The minimum atomic E-state index is -0.871. The summed E-state index contributed by atoms with van der Waals surface area (Å²) in [5.41, 5.74) is 1.52. The van der Waals surface area contributed by atoms with Gasteiger partial charge in [-0.3, -0.25) is 4.79 Å². The molecule has 0 unspecified atom stereocenters. The van der Waals surface area contributed by atoms with Gasteiger partial charge >= 0.3 is 5.97 Å². The lowest BCUT2D eigenvalue weighted by Gasteiger charge is -2.06. The highest BCUT2D eigenvalue weighted by molar-refractivity contribution is 9.10. The standard InChI is InChI=1S/C13H12BrNO3S/c1-2-18-11-4-3-8(5-10(11)14)13-15-9(7-19-13)6-12(16)17/h3-5,7H,2,6H2,1H3,(H,16,17). The van der Waals surface area contributed by atoms with E-state index >= 15 is 0 Å². The molecule has 1 aromatic heterocycles. The van der Waals surface area contributed by atoms with Crippen molar-refractivity contribution in [3.63, 3.8) is 0 Å². The van der Waals surface area contributed by atoms with E-state index in [-0.39, 0.29) is 6.42 Å². The molecule has 0 spiro atoms. The van der Waals surface area contributed by atoms with E-state index in [2.05, 4.69) is 20.9 Å². The number of carboxylic acid groups (broad SMARTS) is 1. The summed E-state index contributed by atoms with van der Waals surface area (Å²) in [5, 5.41) is 11.3. The van der Waals surface area contributed by atoms with Crippen LogP contribution in [0.5, 0.6) is 5.75 Å². The molecular formula is C13H12BrNO3S. The van der Waals surface area contributed by atoms with Crippen LogP contribution in [0.3, 0.4) is 0 Å². The molecule has 0 saturated carbocycles. The third-order valence-corrected chi connectivity index (χ3v) is 3.92. The molecular weight excluding hydrogens is 330 g/mol. The maximum Gasteiger partial charge on any atom is 0.309 e. The van der Waals surface area contributed by atoms with Crippen molar-refractivity contribution in [3.8, 4) is 16.3 Å². The largest absolute Gasteiger partial charge is 0.493 e. The van der Waals surface area contributed by atoms with Gasteiger partial charge in [0.25, 0.3) is 0 Å². The number of aliphatic carboxylic acids is 1. The summed E-state index contributed by atoms with van der Waals surface area (Å²) in [6.07, 6.45) is -0.0469. The van der Waals surface area contributed by atoms with Crippen LogP contribution in [0.15, 0.2) is 28.1 Å². The molecule has 2 aromatic rings. The monoisotopic (exact) mass is 341 g/mol. The molecule has 0 fully saturated rings. The van der Waals surface area contributed by atoms with Crippen molar-refractivity contribution in [2.75, 3.05) is 6.61 Å². The van der Waals surface area contributed by atoms with Crippen LogP contribution in [0.25, 0.3) is 10.6 Å². The van der Waals surface area contributed by atoms with Gasteiger partial charge in [-0.2, -0.15) is 0 Å². The summed E-state index contributed by atoms with van der Waals surface area (Å²) in [7, 11) is 0. The molecule has 100 valence electrons. The number of thiazole rings is 1. The Kier molecular flexibility index (Phi) is 4.55. The molecule has 0 bridgehead atoms. The molecule has 4 nitrogen and oxygen atoms in total. The highest BCUT2D eigenvalue weighted by atomic mass is 79.9. The molecule has 0 atom stereocenters. The van der Waals surface area contributed by atoms with Crippen LogP contribution < -0.4 is 4.74 Å². The van der Waals surface area contributed by atoms with Gasteiger partial charge in [0.2, 0.25) is 0 Å². The molecule has 0 saturated heterocycles. The molecule has 2 rings (SSSR count). The Morgan fingerprint density at radius 1 is 1.53 bits per heavy atom.